The smallest absolute Gasteiger partial charge is 0.238 e. The van der Waals surface area contributed by atoms with E-state index in [1.54, 1.807) is 11.8 Å². The fraction of sp³-hybridized carbons (Fsp3) is 0.889. The zero-order chi connectivity index (χ0) is 9.84. The highest BCUT2D eigenvalue weighted by Gasteiger charge is 2.23. The summed E-state index contributed by atoms with van der Waals surface area (Å²) in [4.78, 5) is 11.6. The number of hydrogen-bond donors (Lipinski definition) is 2. The molecule has 1 rings (SSSR count). The first-order valence-electron chi connectivity index (χ1n) is 4.72. The molecule has 1 aliphatic heterocycles. The van der Waals surface area contributed by atoms with Crippen molar-refractivity contribution in [2.45, 2.75) is 32.9 Å². The molecule has 0 aliphatic carbocycles. The summed E-state index contributed by atoms with van der Waals surface area (Å²) in [5.41, 5.74) is 0. The summed E-state index contributed by atoms with van der Waals surface area (Å²) in [6, 6.07) is 0.283. The highest BCUT2D eigenvalue weighted by molar-refractivity contribution is 7.99. The molecule has 2 N–H and O–H groups in total. The van der Waals surface area contributed by atoms with E-state index in [9.17, 15) is 4.79 Å². The van der Waals surface area contributed by atoms with E-state index in [-0.39, 0.29) is 18.0 Å². The lowest BCUT2D eigenvalue weighted by Gasteiger charge is -2.19. The fourth-order valence-electron chi connectivity index (χ4n) is 1.06. The summed E-state index contributed by atoms with van der Waals surface area (Å²) in [5.74, 6) is 2.44. The maximum Gasteiger partial charge on any atom is 0.238 e. The van der Waals surface area contributed by atoms with E-state index < -0.39 is 0 Å². The molecule has 76 valence electrons. The van der Waals surface area contributed by atoms with Crippen LogP contribution in [0, 0.1) is 5.92 Å². The maximum absolute atomic E-state index is 11.6. The van der Waals surface area contributed by atoms with Crippen LogP contribution in [0.2, 0.25) is 0 Å². The zero-order valence-corrected chi connectivity index (χ0v) is 9.28. The van der Waals surface area contributed by atoms with Gasteiger partial charge in [-0.05, 0) is 12.8 Å². The Morgan fingerprint density at radius 2 is 2.23 bits per heavy atom. The van der Waals surface area contributed by atoms with E-state index in [0.717, 1.165) is 11.6 Å². The normalized spacial score (nSPS) is 24.8. The van der Waals surface area contributed by atoms with Gasteiger partial charge in [0.2, 0.25) is 5.91 Å². The van der Waals surface area contributed by atoms with E-state index in [4.69, 9.17) is 0 Å². The third-order valence-electron chi connectivity index (χ3n) is 2.40. The Morgan fingerprint density at radius 3 is 2.69 bits per heavy atom. The number of amides is 1. The molecule has 1 heterocycles. The molecule has 0 aromatic rings. The van der Waals surface area contributed by atoms with Crippen molar-refractivity contribution in [3.63, 3.8) is 0 Å². The molecule has 1 aliphatic rings. The van der Waals surface area contributed by atoms with Crippen LogP contribution >= 0.6 is 11.8 Å². The second-order valence-corrected chi connectivity index (χ2v) is 4.84. The van der Waals surface area contributed by atoms with Crippen LogP contribution in [0.3, 0.4) is 0 Å². The van der Waals surface area contributed by atoms with Crippen LogP contribution in [0.15, 0.2) is 0 Å². The molecule has 0 unspecified atom stereocenters. The Labute approximate surface area is 84.0 Å². The lowest BCUT2D eigenvalue weighted by molar-refractivity contribution is -0.123. The zero-order valence-electron chi connectivity index (χ0n) is 8.46. The first-order chi connectivity index (χ1) is 6.11. The molecule has 0 bridgehead atoms. The third kappa shape index (κ3) is 3.19. The SMILES string of the molecule is CC(C)[C@H](C)NC(=O)[C@H]1CSCN1. The molecule has 13 heavy (non-hydrogen) atoms. The lowest BCUT2D eigenvalue weighted by atomic mass is 10.1. The van der Waals surface area contributed by atoms with Crippen LogP contribution in [-0.4, -0.2) is 29.6 Å². The van der Waals surface area contributed by atoms with Gasteiger partial charge >= 0.3 is 0 Å². The molecule has 4 heteroatoms. The van der Waals surface area contributed by atoms with Crippen LogP contribution in [-0.2, 0) is 4.79 Å². The topological polar surface area (TPSA) is 41.1 Å². The van der Waals surface area contributed by atoms with Crippen molar-refractivity contribution in [2.24, 2.45) is 5.92 Å². The molecule has 0 aromatic carbocycles. The predicted molar refractivity (Wildman–Crippen MR) is 56.7 cm³/mol. The maximum atomic E-state index is 11.6. The molecular weight excluding hydrogens is 184 g/mol. The molecule has 1 amide bonds. The van der Waals surface area contributed by atoms with Crippen molar-refractivity contribution in [2.75, 3.05) is 11.6 Å². The van der Waals surface area contributed by atoms with Gasteiger partial charge < -0.3 is 5.32 Å². The van der Waals surface area contributed by atoms with Gasteiger partial charge in [0.05, 0.1) is 6.04 Å². The summed E-state index contributed by atoms with van der Waals surface area (Å²) in [6.45, 7) is 6.27. The minimum absolute atomic E-state index is 0.0196. The van der Waals surface area contributed by atoms with E-state index >= 15 is 0 Å². The van der Waals surface area contributed by atoms with Crippen LogP contribution in [0.5, 0.6) is 0 Å². The predicted octanol–water partition coefficient (Wildman–Crippen LogP) is 0.810. The number of thioether (sulfide) groups is 1. The van der Waals surface area contributed by atoms with Gasteiger partial charge in [0.25, 0.3) is 0 Å². The molecule has 2 atom stereocenters. The van der Waals surface area contributed by atoms with Gasteiger partial charge in [0.15, 0.2) is 0 Å². The molecule has 0 spiro atoms. The summed E-state index contributed by atoms with van der Waals surface area (Å²) >= 11 is 1.77. The number of nitrogens with one attached hydrogen (secondary N) is 2. The van der Waals surface area contributed by atoms with E-state index in [1.165, 1.54) is 0 Å². The van der Waals surface area contributed by atoms with Crippen LogP contribution < -0.4 is 10.6 Å². The van der Waals surface area contributed by atoms with Crippen LogP contribution in [0.4, 0.5) is 0 Å². The number of carbonyl (C=O) groups excluding carboxylic acids is 1. The monoisotopic (exact) mass is 202 g/mol. The standard InChI is InChI=1S/C9H18N2OS/c1-6(2)7(3)11-9(12)8-4-13-5-10-8/h6-8,10H,4-5H2,1-3H3,(H,11,12)/t7-,8+/m0/s1. The first-order valence-corrected chi connectivity index (χ1v) is 5.88. The summed E-state index contributed by atoms with van der Waals surface area (Å²) < 4.78 is 0. The van der Waals surface area contributed by atoms with Crippen molar-refractivity contribution in [3.8, 4) is 0 Å². The van der Waals surface area contributed by atoms with E-state index in [0.29, 0.717) is 5.92 Å². The van der Waals surface area contributed by atoms with Crippen molar-refractivity contribution in [1.29, 1.82) is 0 Å². The Hall–Kier alpha value is -0.220. The largest absolute Gasteiger partial charge is 0.352 e. The Balaban J connectivity index is 2.31. The number of carbonyl (C=O) groups is 1. The average Bonchev–Trinajstić information content (AvgIpc) is 2.55. The highest BCUT2D eigenvalue weighted by atomic mass is 32.2. The Kier molecular flexibility index (Phi) is 4.06. The lowest BCUT2D eigenvalue weighted by Crippen LogP contribution is -2.46. The molecule has 0 radical (unpaired) electrons. The van der Waals surface area contributed by atoms with Gasteiger partial charge in [-0.15, -0.1) is 11.8 Å². The van der Waals surface area contributed by atoms with E-state index in [2.05, 4.69) is 24.5 Å². The molecule has 3 nitrogen and oxygen atoms in total. The van der Waals surface area contributed by atoms with Gasteiger partial charge in [-0.2, -0.15) is 0 Å². The van der Waals surface area contributed by atoms with Gasteiger partial charge in [-0.25, -0.2) is 0 Å². The van der Waals surface area contributed by atoms with Crippen LogP contribution in [0.25, 0.3) is 0 Å². The minimum atomic E-state index is 0.0196. The van der Waals surface area contributed by atoms with E-state index in [1.807, 2.05) is 6.92 Å². The minimum Gasteiger partial charge on any atom is -0.352 e. The molecular formula is C9H18N2OS. The van der Waals surface area contributed by atoms with Crippen molar-refractivity contribution in [1.82, 2.24) is 10.6 Å². The van der Waals surface area contributed by atoms with Crippen molar-refractivity contribution >= 4 is 17.7 Å². The number of rotatable bonds is 3. The quantitative estimate of drug-likeness (QED) is 0.711. The van der Waals surface area contributed by atoms with Crippen molar-refractivity contribution < 1.29 is 4.79 Å². The summed E-state index contributed by atoms with van der Waals surface area (Å²) in [5, 5.41) is 6.16. The molecule has 1 saturated heterocycles. The highest BCUT2D eigenvalue weighted by Crippen LogP contribution is 2.10. The van der Waals surface area contributed by atoms with Gasteiger partial charge in [0.1, 0.15) is 0 Å². The van der Waals surface area contributed by atoms with Crippen LogP contribution in [0.1, 0.15) is 20.8 Å². The molecule has 1 fully saturated rings. The molecule has 0 aromatic heterocycles. The summed E-state index contributed by atoms with van der Waals surface area (Å²) in [6.07, 6.45) is 0. The second-order valence-electron chi connectivity index (χ2n) is 3.81. The molecule has 0 saturated carbocycles. The van der Waals surface area contributed by atoms with Crippen molar-refractivity contribution in [3.05, 3.63) is 0 Å². The fourth-order valence-corrected chi connectivity index (χ4v) is 2.00. The Bertz CT molecular complexity index is 178. The second kappa shape index (κ2) is 4.86. The average molecular weight is 202 g/mol. The van der Waals surface area contributed by atoms with Gasteiger partial charge in [-0.3, -0.25) is 10.1 Å². The summed E-state index contributed by atoms with van der Waals surface area (Å²) in [7, 11) is 0. The third-order valence-corrected chi connectivity index (χ3v) is 3.34. The first kappa shape index (κ1) is 10.9. The van der Waals surface area contributed by atoms with Gasteiger partial charge in [0, 0.05) is 17.7 Å². The number of hydrogen-bond acceptors (Lipinski definition) is 3. The van der Waals surface area contributed by atoms with Gasteiger partial charge in [-0.1, -0.05) is 13.8 Å². The Morgan fingerprint density at radius 1 is 1.54 bits per heavy atom.